The molecule has 2 atom stereocenters. The predicted octanol–water partition coefficient (Wildman–Crippen LogP) is -0.656. The molecule has 0 spiro atoms. The predicted molar refractivity (Wildman–Crippen MR) is 64.2 cm³/mol. The first-order valence-electron chi connectivity index (χ1n) is 6.05. The molecule has 4 amide bonds. The molecule has 1 saturated heterocycles. The van der Waals surface area contributed by atoms with Gasteiger partial charge in [0.25, 0.3) is 0 Å². The molecule has 4 N–H and O–H groups in total. The third kappa shape index (κ3) is 4.94. The zero-order valence-electron chi connectivity index (χ0n) is 10.6. The Kier molecular flexibility index (Phi) is 5.28. The van der Waals surface area contributed by atoms with Crippen LogP contribution in [0.2, 0.25) is 0 Å². The fourth-order valence-electron chi connectivity index (χ4n) is 1.72. The number of piperidine rings is 1. The average molecular weight is 271 g/mol. The number of carboxylic acids is 1. The second-order valence-corrected chi connectivity index (χ2v) is 4.32. The lowest BCUT2D eigenvalue weighted by Crippen LogP contribution is -2.55. The Morgan fingerprint density at radius 1 is 1.47 bits per heavy atom. The van der Waals surface area contributed by atoms with Gasteiger partial charge >= 0.3 is 12.0 Å². The van der Waals surface area contributed by atoms with Gasteiger partial charge in [-0.25, -0.2) is 4.79 Å². The van der Waals surface area contributed by atoms with E-state index in [0.717, 1.165) is 0 Å². The molecular weight excluding hydrogens is 254 g/mol. The van der Waals surface area contributed by atoms with E-state index in [1.165, 1.54) is 0 Å². The van der Waals surface area contributed by atoms with Crippen LogP contribution in [-0.4, -0.2) is 41.0 Å². The molecule has 106 valence electrons. The average Bonchev–Trinajstić information content (AvgIpc) is 2.31. The Balaban J connectivity index is 2.43. The van der Waals surface area contributed by atoms with E-state index >= 15 is 0 Å². The minimum Gasteiger partial charge on any atom is -0.481 e. The summed E-state index contributed by atoms with van der Waals surface area (Å²) < 4.78 is 0. The van der Waals surface area contributed by atoms with Gasteiger partial charge < -0.3 is 15.7 Å². The maximum Gasteiger partial charge on any atom is 0.315 e. The van der Waals surface area contributed by atoms with Crippen LogP contribution in [0.3, 0.4) is 0 Å². The van der Waals surface area contributed by atoms with Crippen molar-refractivity contribution >= 4 is 23.8 Å². The molecule has 1 rings (SSSR count). The van der Waals surface area contributed by atoms with Crippen molar-refractivity contribution in [2.45, 2.75) is 44.7 Å². The van der Waals surface area contributed by atoms with Gasteiger partial charge in [-0.2, -0.15) is 0 Å². The molecule has 0 radical (unpaired) electrons. The summed E-state index contributed by atoms with van der Waals surface area (Å²) in [6.45, 7) is 1.75. The lowest BCUT2D eigenvalue weighted by molar-refractivity contribution is -0.138. The van der Waals surface area contributed by atoms with Crippen LogP contribution in [0.1, 0.15) is 32.6 Å². The number of carbonyl (C=O) groups is 4. The normalized spacial score (nSPS) is 20.4. The minimum absolute atomic E-state index is 0.170. The first-order chi connectivity index (χ1) is 8.92. The van der Waals surface area contributed by atoms with E-state index in [1.54, 1.807) is 6.92 Å². The molecular formula is C11H17N3O5. The van der Waals surface area contributed by atoms with Crippen LogP contribution in [0.15, 0.2) is 0 Å². The van der Waals surface area contributed by atoms with Crippen LogP contribution in [-0.2, 0) is 14.4 Å². The van der Waals surface area contributed by atoms with Crippen LogP contribution in [0, 0.1) is 0 Å². The van der Waals surface area contributed by atoms with Gasteiger partial charge in [0.15, 0.2) is 0 Å². The number of nitrogens with one attached hydrogen (secondary N) is 3. The fourth-order valence-corrected chi connectivity index (χ4v) is 1.72. The van der Waals surface area contributed by atoms with Gasteiger partial charge in [-0.3, -0.25) is 19.7 Å². The Hall–Kier alpha value is -2.12. The van der Waals surface area contributed by atoms with Gasteiger partial charge in [0.05, 0.1) is 6.42 Å². The summed E-state index contributed by atoms with van der Waals surface area (Å²) in [5.74, 6) is -1.91. The quantitative estimate of drug-likeness (QED) is 0.494. The number of carbonyl (C=O) groups excluding carboxylic acids is 3. The van der Waals surface area contributed by atoms with Crippen molar-refractivity contribution in [1.82, 2.24) is 16.0 Å². The number of aliphatic carboxylic acids is 1. The summed E-state index contributed by atoms with van der Waals surface area (Å²) in [6.07, 6.45) is 0.700. The lowest BCUT2D eigenvalue weighted by Gasteiger charge is -2.23. The van der Waals surface area contributed by atoms with Crippen LogP contribution in [0.25, 0.3) is 0 Å². The molecule has 0 aromatic heterocycles. The van der Waals surface area contributed by atoms with Gasteiger partial charge in [-0.05, 0) is 12.8 Å². The Bertz CT molecular complexity index is 396. The van der Waals surface area contributed by atoms with Crippen molar-refractivity contribution in [3.05, 3.63) is 0 Å². The zero-order valence-corrected chi connectivity index (χ0v) is 10.6. The number of carboxylic acid groups (broad SMARTS) is 1. The van der Waals surface area contributed by atoms with Crippen molar-refractivity contribution in [2.75, 3.05) is 0 Å². The van der Waals surface area contributed by atoms with Gasteiger partial charge in [-0.15, -0.1) is 0 Å². The summed E-state index contributed by atoms with van der Waals surface area (Å²) >= 11 is 0. The largest absolute Gasteiger partial charge is 0.481 e. The molecule has 19 heavy (non-hydrogen) atoms. The summed E-state index contributed by atoms with van der Waals surface area (Å²) in [5, 5.41) is 15.7. The SMILES string of the molecule is CCC(CC(=O)O)NC(=O)NC1CCC(=O)NC1=O. The number of rotatable bonds is 5. The van der Waals surface area contributed by atoms with Gasteiger partial charge in [0, 0.05) is 12.5 Å². The maximum atomic E-state index is 11.6. The first kappa shape index (κ1) is 14.9. The molecule has 1 aliphatic heterocycles. The maximum absolute atomic E-state index is 11.6. The van der Waals surface area contributed by atoms with Crippen molar-refractivity contribution < 1.29 is 24.3 Å². The highest BCUT2D eigenvalue weighted by atomic mass is 16.4. The number of hydrogen-bond acceptors (Lipinski definition) is 4. The molecule has 8 nitrogen and oxygen atoms in total. The molecule has 1 heterocycles. The molecule has 0 aliphatic carbocycles. The molecule has 0 aromatic rings. The zero-order chi connectivity index (χ0) is 14.4. The third-order valence-corrected chi connectivity index (χ3v) is 2.79. The summed E-state index contributed by atoms with van der Waals surface area (Å²) in [4.78, 5) is 44.5. The van der Waals surface area contributed by atoms with Crippen molar-refractivity contribution in [1.29, 1.82) is 0 Å². The molecule has 2 unspecified atom stereocenters. The summed E-state index contributed by atoms with van der Waals surface area (Å²) in [7, 11) is 0. The Morgan fingerprint density at radius 2 is 2.16 bits per heavy atom. The first-order valence-corrected chi connectivity index (χ1v) is 6.05. The van der Waals surface area contributed by atoms with Crippen LogP contribution >= 0.6 is 0 Å². The van der Waals surface area contributed by atoms with Gasteiger partial charge in [-0.1, -0.05) is 6.92 Å². The van der Waals surface area contributed by atoms with Gasteiger partial charge in [0.2, 0.25) is 11.8 Å². The highest BCUT2D eigenvalue weighted by Crippen LogP contribution is 2.04. The van der Waals surface area contributed by atoms with Crippen molar-refractivity contribution in [3.8, 4) is 0 Å². The molecule has 8 heteroatoms. The number of amides is 4. The van der Waals surface area contributed by atoms with Crippen molar-refractivity contribution in [2.24, 2.45) is 0 Å². The number of imide groups is 1. The summed E-state index contributed by atoms with van der Waals surface area (Å²) in [6, 6.07) is -1.87. The molecule has 1 fully saturated rings. The summed E-state index contributed by atoms with van der Waals surface area (Å²) in [5.41, 5.74) is 0. The Labute approximate surface area is 109 Å². The fraction of sp³-hybridized carbons (Fsp3) is 0.636. The van der Waals surface area contributed by atoms with Gasteiger partial charge in [0.1, 0.15) is 6.04 Å². The van der Waals surface area contributed by atoms with Crippen LogP contribution in [0.5, 0.6) is 0 Å². The molecule has 0 aromatic carbocycles. The smallest absolute Gasteiger partial charge is 0.315 e. The number of hydrogen-bond donors (Lipinski definition) is 4. The third-order valence-electron chi connectivity index (χ3n) is 2.79. The topological polar surface area (TPSA) is 125 Å². The second kappa shape index (κ2) is 6.72. The van der Waals surface area contributed by atoms with E-state index in [1.807, 2.05) is 0 Å². The van der Waals surface area contributed by atoms with Crippen LogP contribution in [0.4, 0.5) is 4.79 Å². The van der Waals surface area contributed by atoms with Crippen LogP contribution < -0.4 is 16.0 Å². The highest BCUT2D eigenvalue weighted by molar-refractivity contribution is 6.01. The monoisotopic (exact) mass is 271 g/mol. The van der Waals surface area contributed by atoms with E-state index < -0.39 is 30.0 Å². The molecule has 0 saturated carbocycles. The second-order valence-electron chi connectivity index (χ2n) is 4.32. The van der Waals surface area contributed by atoms with E-state index in [9.17, 15) is 19.2 Å². The van der Waals surface area contributed by atoms with E-state index in [-0.39, 0.29) is 25.2 Å². The minimum atomic E-state index is -1.01. The molecule has 0 bridgehead atoms. The van der Waals surface area contributed by atoms with Crippen molar-refractivity contribution in [3.63, 3.8) is 0 Å². The standard InChI is InChI=1S/C11H17N3O5/c1-2-6(5-9(16)17)12-11(19)13-7-3-4-8(15)14-10(7)18/h6-7H,2-5H2,1H3,(H,16,17)(H2,12,13,19)(H,14,15,18). The van der Waals surface area contributed by atoms with E-state index in [2.05, 4.69) is 16.0 Å². The Morgan fingerprint density at radius 3 is 2.68 bits per heavy atom. The lowest BCUT2D eigenvalue weighted by atomic mass is 10.1. The van der Waals surface area contributed by atoms with E-state index in [0.29, 0.717) is 6.42 Å². The van der Waals surface area contributed by atoms with E-state index in [4.69, 9.17) is 5.11 Å². The highest BCUT2D eigenvalue weighted by Gasteiger charge is 2.28. The molecule has 1 aliphatic rings. The number of urea groups is 1.